The minimum atomic E-state index is -0.0804. The predicted molar refractivity (Wildman–Crippen MR) is 97.4 cm³/mol. The maximum Gasteiger partial charge on any atom is 0.251 e. The predicted octanol–water partition coefficient (Wildman–Crippen LogP) is 2.06. The first-order chi connectivity index (χ1) is 12.7. The highest BCUT2D eigenvalue weighted by Crippen LogP contribution is 2.30. The molecule has 4 rings (SSSR count). The van der Waals surface area contributed by atoms with E-state index in [1.807, 2.05) is 42.2 Å². The highest BCUT2D eigenvalue weighted by Gasteiger charge is 2.22. The first-order valence-corrected chi connectivity index (χ1v) is 8.93. The van der Waals surface area contributed by atoms with Crippen LogP contribution in [0.1, 0.15) is 29.0 Å². The smallest absolute Gasteiger partial charge is 0.251 e. The number of benzene rings is 1. The zero-order valence-electron chi connectivity index (χ0n) is 14.8. The summed E-state index contributed by atoms with van der Waals surface area (Å²) in [6, 6.07) is 7.64. The molecule has 0 radical (unpaired) electrons. The molecular weight excluding hydrogens is 328 g/mol. The molecule has 1 aliphatic rings. The van der Waals surface area contributed by atoms with Crippen LogP contribution < -0.4 is 5.32 Å². The van der Waals surface area contributed by atoms with E-state index in [1.165, 1.54) is 19.2 Å². The third-order valence-electron chi connectivity index (χ3n) is 4.70. The molecule has 2 aromatic heterocycles. The van der Waals surface area contributed by atoms with Crippen LogP contribution in [0, 0.1) is 5.92 Å². The number of aromatic nitrogens is 5. The van der Waals surface area contributed by atoms with Crippen molar-refractivity contribution < 1.29 is 4.79 Å². The van der Waals surface area contributed by atoms with E-state index in [1.54, 1.807) is 4.68 Å². The van der Waals surface area contributed by atoms with E-state index >= 15 is 0 Å². The zero-order chi connectivity index (χ0) is 17.9. The lowest BCUT2D eigenvalue weighted by molar-refractivity contribution is 0.0954. The van der Waals surface area contributed by atoms with Crippen LogP contribution in [0.2, 0.25) is 0 Å². The molecule has 0 unspecified atom stereocenters. The molecule has 3 aromatic rings. The molecule has 1 amide bonds. The quantitative estimate of drug-likeness (QED) is 0.707. The molecule has 1 aromatic carbocycles. The van der Waals surface area contributed by atoms with Crippen LogP contribution in [0.4, 0.5) is 0 Å². The first kappa shape index (κ1) is 16.5. The second-order valence-electron chi connectivity index (χ2n) is 6.78. The van der Waals surface area contributed by atoms with Crippen LogP contribution >= 0.6 is 0 Å². The fraction of sp³-hybridized carbons (Fsp3) is 0.368. The molecule has 0 atom stereocenters. The molecule has 7 nitrogen and oxygen atoms in total. The van der Waals surface area contributed by atoms with Gasteiger partial charge in [0.05, 0.1) is 6.20 Å². The van der Waals surface area contributed by atoms with E-state index in [2.05, 4.69) is 26.7 Å². The van der Waals surface area contributed by atoms with Crippen LogP contribution in [-0.2, 0) is 20.0 Å². The number of nitrogens with one attached hydrogen (secondary N) is 1. The maximum atomic E-state index is 12.3. The lowest BCUT2D eigenvalue weighted by atomic mass is 10.1. The summed E-state index contributed by atoms with van der Waals surface area (Å²) < 4.78 is 3.73. The fourth-order valence-corrected chi connectivity index (χ4v) is 2.93. The van der Waals surface area contributed by atoms with Crippen molar-refractivity contribution >= 4 is 5.91 Å². The number of amides is 1. The third-order valence-corrected chi connectivity index (χ3v) is 4.70. The Morgan fingerprint density at radius 1 is 1.19 bits per heavy atom. The summed E-state index contributed by atoms with van der Waals surface area (Å²) in [6.45, 7) is 1.53. The highest BCUT2D eigenvalue weighted by molar-refractivity contribution is 5.94. The summed E-state index contributed by atoms with van der Waals surface area (Å²) in [7, 11) is 1.84. The summed E-state index contributed by atoms with van der Waals surface area (Å²) in [5.41, 5.74) is 2.81. The number of aryl methyl sites for hydroxylation is 1. The highest BCUT2D eigenvalue weighted by atomic mass is 16.1. The van der Waals surface area contributed by atoms with Crippen LogP contribution in [-0.4, -0.2) is 37.0 Å². The van der Waals surface area contributed by atoms with Gasteiger partial charge in [0.15, 0.2) is 0 Å². The van der Waals surface area contributed by atoms with Gasteiger partial charge in [-0.1, -0.05) is 12.1 Å². The Labute approximate surface area is 152 Å². The largest absolute Gasteiger partial charge is 0.352 e. The van der Waals surface area contributed by atoms with Gasteiger partial charge >= 0.3 is 0 Å². The van der Waals surface area contributed by atoms with Crippen molar-refractivity contribution in [1.29, 1.82) is 0 Å². The Bertz CT molecular complexity index is 891. The Morgan fingerprint density at radius 2 is 2.00 bits per heavy atom. The maximum absolute atomic E-state index is 12.3. The van der Waals surface area contributed by atoms with Crippen LogP contribution in [0.3, 0.4) is 0 Å². The molecule has 0 spiro atoms. The molecule has 1 N–H and O–H groups in total. The van der Waals surface area contributed by atoms with Crippen molar-refractivity contribution in [3.8, 4) is 11.1 Å². The Hall–Kier alpha value is -2.96. The van der Waals surface area contributed by atoms with Gasteiger partial charge in [0.1, 0.15) is 12.2 Å². The van der Waals surface area contributed by atoms with Gasteiger partial charge in [0.25, 0.3) is 5.91 Å². The lowest BCUT2D eigenvalue weighted by Gasteiger charge is -2.06. The van der Waals surface area contributed by atoms with Crippen molar-refractivity contribution in [1.82, 2.24) is 29.9 Å². The monoisotopic (exact) mass is 350 g/mol. The minimum Gasteiger partial charge on any atom is -0.352 e. The summed E-state index contributed by atoms with van der Waals surface area (Å²) in [5, 5.41) is 11.4. The van der Waals surface area contributed by atoms with Gasteiger partial charge in [0, 0.05) is 43.9 Å². The molecule has 2 heterocycles. The zero-order valence-corrected chi connectivity index (χ0v) is 14.8. The average Bonchev–Trinajstić information content (AvgIpc) is 3.18. The lowest BCUT2D eigenvalue weighted by Crippen LogP contribution is -2.26. The van der Waals surface area contributed by atoms with E-state index in [0.717, 1.165) is 29.4 Å². The van der Waals surface area contributed by atoms with Crippen molar-refractivity contribution in [3.05, 3.63) is 54.4 Å². The van der Waals surface area contributed by atoms with Crippen molar-refractivity contribution in [2.45, 2.75) is 25.8 Å². The molecular formula is C19H22N6O. The Balaban J connectivity index is 1.33. The average molecular weight is 350 g/mol. The molecule has 1 fully saturated rings. The van der Waals surface area contributed by atoms with E-state index in [4.69, 9.17) is 0 Å². The molecule has 7 heteroatoms. The number of rotatable bonds is 7. The number of hydrogen-bond acceptors (Lipinski definition) is 4. The summed E-state index contributed by atoms with van der Waals surface area (Å²) in [5.74, 6) is 1.57. The molecule has 0 aliphatic heterocycles. The third kappa shape index (κ3) is 3.82. The van der Waals surface area contributed by atoms with Gasteiger partial charge in [-0.15, -0.1) is 0 Å². The van der Waals surface area contributed by atoms with Crippen LogP contribution in [0.5, 0.6) is 0 Å². The molecule has 1 saturated carbocycles. The van der Waals surface area contributed by atoms with Crippen molar-refractivity contribution in [2.24, 2.45) is 13.0 Å². The van der Waals surface area contributed by atoms with Crippen molar-refractivity contribution in [2.75, 3.05) is 6.54 Å². The number of carbonyl (C=O) groups excluding carboxylic acids is 1. The number of hydrogen-bond donors (Lipinski definition) is 1. The molecule has 0 saturated heterocycles. The van der Waals surface area contributed by atoms with Crippen LogP contribution in [0.25, 0.3) is 11.1 Å². The van der Waals surface area contributed by atoms with Gasteiger partial charge in [-0.05, 0) is 36.5 Å². The van der Waals surface area contributed by atoms with Gasteiger partial charge < -0.3 is 5.32 Å². The molecule has 0 bridgehead atoms. The summed E-state index contributed by atoms with van der Waals surface area (Å²) >= 11 is 0. The number of nitrogens with zero attached hydrogens (tertiary/aromatic N) is 5. The second kappa shape index (κ2) is 7.11. The van der Waals surface area contributed by atoms with Gasteiger partial charge in [-0.25, -0.2) is 4.98 Å². The first-order valence-electron chi connectivity index (χ1n) is 8.93. The van der Waals surface area contributed by atoms with E-state index < -0.39 is 0 Å². The standard InChI is InChI=1S/C19H22N6O/c1-24-18(21-13-23-24)8-9-20-19(26)16-6-4-15(5-7-16)17-10-22-25(12-17)11-14-2-3-14/h4-7,10,12-14H,2-3,8-9,11H2,1H3,(H,20,26). The van der Waals surface area contributed by atoms with E-state index in [0.29, 0.717) is 18.5 Å². The summed E-state index contributed by atoms with van der Waals surface area (Å²) in [4.78, 5) is 16.4. The normalized spacial score (nSPS) is 13.7. The van der Waals surface area contributed by atoms with Gasteiger partial charge in [0.2, 0.25) is 0 Å². The van der Waals surface area contributed by atoms with Crippen LogP contribution in [0.15, 0.2) is 43.0 Å². The fourth-order valence-electron chi connectivity index (χ4n) is 2.93. The SMILES string of the molecule is Cn1ncnc1CCNC(=O)c1ccc(-c2cnn(CC3CC3)c2)cc1. The Morgan fingerprint density at radius 3 is 2.69 bits per heavy atom. The minimum absolute atomic E-state index is 0.0804. The topological polar surface area (TPSA) is 77.6 Å². The summed E-state index contributed by atoms with van der Waals surface area (Å²) in [6.07, 6.45) is 8.77. The van der Waals surface area contributed by atoms with E-state index in [-0.39, 0.29) is 5.91 Å². The van der Waals surface area contributed by atoms with Gasteiger partial charge in [-0.2, -0.15) is 10.2 Å². The van der Waals surface area contributed by atoms with Gasteiger partial charge in [-0.3, -0.25) is 14.2 Å². The van der Waals surface area contributed by atoms with Crippen molar-refractivity contribution in [3.63, 3.8) is 0 Å². The molecule has 1 aliphatic carbocycles. The molecule has 26 heavy (non-hydrogen) atoms. The van der Waals surface area contributed by atoms with E-state index in [9.17, 15) is 4.79 Å². The number of carbonyl (C=O) groups is 1. The Kier molecular flexibility index (Phi) is 4.51. The molecule has 134 valence electrons. The second-order valence-corrected chi connectivity index (χ2v) is 6.78.